The van der Waals surface area contributed by atoms with E-state index in [0.717, 1.165) is 6.07 Å². The van der Waals surface area contributed by atoms with Gasteiger partial charge in [0.25, 0.3) is 0 Å². The second-order valence-electron chi connectivity index (χ2n) is 7.46. The van der Waals surface area contributed by atoms with Crippen molar-refractivity contribution in [3.63, 3.8) is 0 Å². The van der Waals surface area contributed by atoms with Gasteiger partial charge in [-0.15, -0.1) is 0 Å². The Morgan fingerprint density at radius 1 is 1.25 bits per heavy atom. The Kier molecular flexibility index (Phi) is 6.28. The lowest BCUT2D eigenvalue weighted by molar-refractivity contribution is -0.138. The molecule has 2 rings (SSSR count). The zero-order valence-corrected chi connectivity index (χ0v) is 16.0. The van der Waals surface area contributed by atoms with Crippen LogP contribution in [0.4, 0.5) is 24.8 Å². The molecule has 0 aliphatic carbocycles. The molecule has 5 N–H and O–H groups in total. The number of nitrogen functional groups attached to an aromatic ring is 1. The van der Waals surface area contributed by atoms with Gasteiger partial charge in [0, 0.05) is 18.3 Å². The molecule has 0 saturated carbocycles. The standard InChI is InChI=1S/C19H24F3N5O/c1-11(2)9-18(3,24)10-26-14-7-6-13(19(20,21)22)15(27-14)16(28)12-5-4-8-25-17(12)23/h4-8,11H,9-10,24H2,1-3H3,(H2,23,25)(H,26,27). The molecule has 0 aliphatic rings. The molecular formula is C19H24F3N5O. The highest BCUT2D eigenvalue weighted by Gasteiger charge is 2.37. The Morgan fingerprint density at radius 3 is 2.50 bits per heavy atom. The average Bonchev–Trinajstić information content (AvgIpc) is 2.58. The molecule has 0 amide bonds. The number of anilines is 2. The molecule has 1 unspecified atom stereocenters. The first-order valence-corrected chi connectivity index (χ1v) is 8.77. The number of ketones is 1. The number of halogens is 3. The average molecular weight is 395 g/mol. The highest BCUT2D eigenvalue weighted by molar-refractivity contribution is 6.11. The Balaban J connectivity index is 2.38. The summed E-state index contributed by atoms with van der Waals surface area (Å²) in [7, 11) is 0. The molecule has 28 heavy (non-hydrogen) atoms. The number of nitrogens with zero attached hydrogens (tertiary/aromatic N) is 2. The number of alkyl halides is 3. The number of hydrogen-bond acceptors (Lipinski definition) is 6. The number of pyridine rings is 2. The third-order valence-corrected chi connectivity index (χ3v) is 4.05. The van der Waals surface area contributed by atoms with E-state index < -0.39 is 28.8 Å². The maximum atomic E-state index is 13.4. The highest BCUT2D eigenvalue weighted by Crippen LogP contribution is 2.33. The van der Waals surface area contributed by atoms with Gasteiger partial charge >= 0.3 is 6.18 Å². The smallest absolute Gasteiger partial charge is 0.383 e. The van der Waals surface area contributed by atoms with Gasteiger partial charge in [-0.1, -0.05) is 13.8 Å². The number of aromatic nitrogens is 2. The first-order chi connectivity index (χ1) is 12.9. The lowest BCUT2D eigenvalue weighted by Gasteiger charge is -2.27. The monoisotopic (exact) mass is 395 g/mol. The molecule has 0 aromatic carbocycles. The van der Waals surface area contributed by atoms with Crippen molar-refractivity contribution in [1.82, 2.24) is 9.97 Å². The van der Waals surface area contributed by atoms with Crippen LogP contribution < -0.4 is 16.8 Å². The molecule has 0 radical (unpaired) electrons. The third-order valence-electron chi connectivity index (χ3n) is 4.05. The second-order valence-corrected chi connectivity index (χ2v) is 7.46. The van der Waals surface area contributed by atoms with E-state index in [1.54, 1.807) is 0 Å². The molecular weight excluding hydrogens is 371 g/mol. The number of carbonyl (C=O) groups excluding carboxylic acids is 1. The molecule has 0 fully saturated rings. The van der Waals surface area contributed by atoms with E-state index >= 15 is 0 Å². The number of carbonyl (C=O) groups is 1. The normalized spacial score (nSPS) is 14.0. The minimum atomic E-state index is -4.74. The topological polar surface area (TPSA) is 107 Å². The maximum absolute atomic E-state index is 13.4. The fraction of sp³-hybridized carbons (Fsp3) is 0.421. The molecule has 0 spiro atoms. The highest BCUT2D eigenvalue weighted by atomic mass is 19.4. The largest absolute Gasteiger partial charge is 0.418 e. The summed E-state index contributed by atoms with van der Waals surface area (Å²) >= 11 is 0. The lowest BCUT2D eigenvalue weighted by Crippen LogP contribution is -2.44. The van der Waals surface area contributed by atoms with Crippen LogP contribution in [0.15, 0.2) is 30.5 Å². The summed E-state index contributed by atoms with van der Waals surface area (Å²) in [6.45, 7) is 6.17. The van der Waals surface area contributed by atoms with E-state index in [1.165, 1.54) is 24.4 Å². The second kappa shape index (κ2) is 8.14. The zero-order valence-electron chi connectivity index (χ0n) is 16.0. The van der Waals surface area contributed by atoms with Gasteiger partial charge in [-0.05, 0) is 43.5 Å². The fourth-order valence-corrected chi connectivity index (χ4v) is 2.99. The van der Waals surface area contributed by atoms with Crippen molar-refractivity contribution in [2.24, 2.45) is 11.7 Å². The minimum Gasteiger partial charge on any atom is -0.383 e. The molecule has 0 saturated heterocycles. The van der Waals surface area contributed by atoms with Crippen LogP contribution in [0.25, 0.3) is 0 Å². The van der Waals surface area contributed by atoms with Crippen LogP contribution in [-0.4, -0.2) is 27.8 Å². The molecule has 0 bridgehead atoms. The summed E-state index contributed by atoms with van der Waals surface area (Å²) in [5.41, 5.74) is 9.26. The van der Waals surface area contributed by atoms with Crippen LogP contribution in [-0.2, 0) is 6.18 Å². The minimum absolute atomic E-state index is 0.124. The van der Waals surface area contributed by atoms with Gasteiger partial charge in [-0.3, -0.25) is 4.79 Å². The van der Waals surface area contributed by atoms with Gasteiger partial charge < -0.3 is 16.8 Å². The predicted octanol–water partition coefficient (Wildman–Crippen LogP) is 3.48. The van der Waals surface area contributed by atoms with Crippen molar-refractivity contribution >= 4 is 17.4 Å². The van der Waals surface area contributed by atoms with Gasteiger partial charge in [0.2, 0.25) is 5.78 Å². The lowest BCUT2D eigenvalue weighted by atomic mass is 9.92. The van der Waals surface area contributed by atoms with Crippen molar-refractivity contribution in [2.75, 3.05) is 17.6 Å². The predicted molar refractivity (Wildman–Crippen MR) is 102 cm³/mol. The molecule has 9 heteroatoms. The summed E-state index contributed by atoms with van der Waals surface area (Å²) < 4.78 is 40.2. The summed E-state index contributed by atoms with van der Waals surface area (Å²) in [4.78, 5) is 20.4. The summed E-state index contributed by atoms with van der Waals surface area (Å²) in [5, 5.41) is 2.93. The van der Waals surface area contributed by atoms with Crippen molar-refractivity contribution < 1.29 is 18.0 Å². The maximum Gasteiger partial charge on any atom is 0.418 e. The van der Waals surface area contributed by atoms with Crippen molar-refractivity contribution in [2.45, 2.75) is 38.9 Å². The Bertz CT molecular complexity index is 850. The van der Waals surface area contributed by atoms with Crippen molar-refractivity contribution in [3.8, 4) is 0 Å². The quantitative estimate of drug-likeness (QED) is 0.620. The van der Waals surface area contributed by atoms with Gasteiger partial charge in [0.05, 0.1) is 11.1 Å². The van der Waals surface area contributed by atoms with E-state index in [4.69, 9.17) is 11.5 Å². The molecule has 152 valence electrons. The van der Waals surface area contributed by atoms with Crippen LogP contribution in [0, 0.1) is 5.92 Å². The number of rotatable bonds is 7. The van der Waals surface area contributed by atoms with Crippen LogP contribution in [0.2, 0.25) is 0 Å². The Hall–Kier alpha value is -2.68. The van der Waals surface area contributed by atoms with E-state index in [0.29, 0.717) is 12.3 Å². The first kappa shape index (κ1) is 21.6. The molecule has 2 aromatic rings. The summed E-state index contributed by atoms with van der Waals surface area (Å²) in [6.07, 6.45) is -2.69. The van der Waals surface area contributed by atoms with Crippen LogP contribution in [0.3, 0.4) is 0 Å². The fourth-order valence-electron chi connectivity index (χ4n) is 2.99. The third kappa shape index (κ3) is 5.41. The molecule has 6 nitrogen and oxygen atoms in total. The van der Waals surface area contributed by atoms with E-state index in [-0.39, 0.29) is 23.7 Å². The summed E-state index contributed by atoms with van der Waals surface area (Å²) in [5.74, 6) is -0.631. The van der Waals surface area contributed by atoms with Crippen molar-refractivity contribution in [1.29, 1.82) is 0 Å². The van der Waals surface area contributed by atoms with Crippen LogP contribution >= 0.6 is 0 Å². The first-order valence-electron chi connectivity index (χ1n) is 8.77. The molecule has 2 aromatic heterocycles. The van der Waals surface area contributed by atoms with Crippen molar-refractivity contribution in [3.05, 3.63) is 47.3 Å². The number of nitrogens with two attached hydrogens (primary N) is 2. The van der Waals surface area contributed by atoms with Crippen LogP contribution in [0.5, 0.6) is 0 Å². The number of nitrogens with one attached hydrogen (secondary N) is 1. The SMILES string of the molecule is CC(C)CC(C)(N)CNc1ccc(C(F)(F)F)c(C(=O)c2cccnc2N)n1. The zero-order chi connectivity index (χ0) is 21.1. The Morgan fingerprint density at radius 2 is 1.93 bits per heavy atom. The van der Waals surface area contributed by atoms with Gasteiger partial charge in [0.15, 0.2) is 0 Å². The van der Waals surface area contributed by atoms with E-state index in [2.05, 4.69) is 15.3 Å². The van der Waals surface area contributed by atoms with E-state index in [1.807, 2.05) is 20.8 Å². The van der Waals surface area contributed by atoms with Gasteiger partial charge in [0.1, 0.15) is 17.3 Å². The Labute approximate surface area is 161 Å². The van der Waals surface area contributed by atoms with Crippen LogP contribution in [0.1, 0.15) is 48.8 Å². The summed E-state index contributed by atoms with van der Waals surface area (Å²) in [6, 6.07) is 4.74. The van der Waals surface area contributed by atoms with Gasteiger partial charge in [-0.25, -0.2) is 9.97 Å². The number of hydrogen-bond donors (Lipinski definition) is 3. The molecule has 1 atom stereocenters. The van der Waals surface area contributed by atoms with E-state index in [9.17, 15) is 18.0 Å². The van der Waals surface area contributed by atoms with Gasteiger partial charge in [-0.2, -0.15) is 13.2 Å². The molecule has 0 aliphatic heterocycles. The molecule has 2 heterocycles.